The van der Waals surface area contributed by atoms with E-state index in [1.165, 1.54) is 11.1 Å². The molecule has 2 aromatic rings. The molecule has 1 heterocycles. The number of aryl methyl sites for hydroxylation is 2. The number of hydrogen-bond donors (Lipinski definition) is 2. The van der Waals surface area contributed by atoms with Crippen LogP contribution < -0.4 is 10.6 Å². The maximum atomic E-state index is 12.4. The van der Waals surface area contributed by atoms with Gasteiger partial charge in [0.05, 0.1) is 6.04 Å². The molecule has 3 rings (SSSR count). The second-order valence-electron chi connectivity index (χ2n) is 7.47. The van der Waals surface area contributed by atoms with Gasteiger partial charge in [-0.2, -0.15) is 0 Å². The molecule has 2 N–H and O–H groups in total. The summed E-state index contributed by atoms with van der Waals surface area (Å²) in [5.74, 6) is 0. The van der Waals surface area contributed by atoms with Gasteiger partial charge in [-0.05, 0) is 44.2 Å². The van der Waals surface area contributed by atoms with Crippen molar-refractivity contribution in [2.24, 2.45) is 0 Å². The first-order valence-corrected chi connectivity index (χ1v) is 9.62. The number of piperazine rings is 1. The van der Waals surface area contributed by atoms with Crippen LogP contribution >= 0.6 is 0 Å². The Hall–Kier alpha value is -2.37. The fraction of sp³-hybridized carbons (Fsp3) is 0.409. The van der Waals surface area contributed by atoms with Gasteiger partial charge in [-0.25, -0.2) is 4.79 Å². The molecule has 0 aromatic heterocycles. The number of carbonyl (C=O) groups excluding carboxylic acids is 1. The molecule has 2 amide bonds. The number of carbonyl (C=O) groups is 1. The van der Waals surface area contributed by atoms with Crippen LogP contribution in [0.3, 0.4) is 0 Å². The number of urea groups is 1. The topological polar surface area (TPSA) is 47.6 Å². The van der Waals surface area contributed by atoms with Crippen molar-refractivity contribution >= 4 is 11.7 Å². The van der Waals surface area contributed by atoms with Crippen molar-refractivity contribution in [3.63, 3.8) is 0 Å². The van der Waals surface area contributed by atoms with Gasteiger partial charge in [-0.1, -0.05) is 42.0 Å². The zero-order valence-electron chi connectivity index (χ0n) is 16.5. The molecule has 0 spiro atoms. The summed E-state index contributed by atoms with van der Waals surface area (Å²) in [7, 11) is 2.16. The largest absolute Gasteiger partial charge is 0.336 e. The Kier molecular flexibility index (Phi) is 6.48. The van der Waals surface area contributed by atoms with Crippen LogP contribution in [0.15, 0.2) is 48.5 Å². The van der Waals surface area contributed by atoms with Crippen LogP contribution in [0.1, 0.15) is 22.7 Å². The van der Waals surface area contributed by atoms with Crippen LogP contribution in [0.4, 0.5) is 10.5 Å². The Labute approximate surface area is 162 Å². The highest BCUT2D eigenvalue weighted by Crippen LogP contribution is 2.22. The highest BCUT2D eigenvalue weighted by atomic mass is 16.2. The van der Waals surface area contributed by atoms with Crippen molar-refractivity contribution in [2.75, 3.05) is 45.1 Å². The highest BCUT2D eigenvalue weighted by molar-refractivity contribution is 5.89. The van der Waals surface area contributed by atoms with Crippen LogP contribution in [0, 0.1) is 13.8 Å². The standard InChI is InChI=1S/C22H30N4O/c1-17-7-9-19(10-8-17)21(26-13-11-25(3)12-14-26)16-23-22(27)24-20-6-4-5-18(2)15-20/h4-10,15,21H,11-14,16H2,1-3H3,(H2,23,24,27)/t21-/m1/s1. The lowest BCUT2D eigenvalue weighted by Crippen LogP contribution is -2.48. The van der Waals surface area contributed by atoms with Crippen molar-refractivity contribution in [3.05, 3.63) is 65.2 Å². The molecule has 1 aliphatic rings. The van der Waals surface area contributed by atoms with E-state index in [9.17, 15) is 4.79 Å². The van der Waals surface area contributed by atoms with Gasteiger partial charge in [0.1, 0.15) is 0 Å². The highest BCUT2D eigenvalue weighted by Gasteiger charge is 2.24. The van der Waals surface area contributed by atoms with E-state index in [0.29, 0.717) is 6.54 Å². The van der Waals surface area contributed by atoms with Gasteiger partial charge in [-0.3, -0.25) is 4.90 Å². The number of nitrogens with zero attached hydrogens (tertiary/aromatic N) is 2. The van der Waals surface area contributed by atoms with Crippen molar-refractivity contribution in [1.82, 2.24) is 15.1 Å². The van der Waals surface area contributed by atoms with E-state index in [1.54, 1.807) is 0 Å². The third kappa shape index (κ3) is 5.55. The quantitative estimate of drug-likeness (QED) is 0.852. The summed E-state index contributed by atoms with van der Waals surface area (Å²) in [5, 5.41) is 6.00. The zero-order chi connectivity index (χ0) is 19.2. The predicted molar refractivity (Wildman–Crippen MR) is 111 cm³/mol. The average molecular weight is 367 g/mol. The summed E-state index contributed by atoms with van der Waals surface area (Å²) in [6.07, 6.45) is 0. The van der Waals surface area contributed by atoms with Crippen LogP contribution in [0.25, 0.3) is 0 Å². The minimum atomic E-state index is -0.160. The first-order chi connectivity index (χ1) is 13.0. The first kappa shape index (κ1) is 19.4. The number of benzene rings is 2. The molecule has 0 aliphatic carbocycles. The number of rotatable bonds is 5. The zero-order valence-corrected chi connectivity index (χ0v) is 16.5. The monoisotopic (exact) mass is 366 g/mol. The number of hydrogen-bond acceptors (Lipinski definition) is 3. The first-order valence-electron chi connectivity index (χ1n) is 9.62. The number of anilines is 1. The predicted octanol–water partition coefficient (Wildman–Crippen LogP) is 3.41. The summed E-state index contributed by atoms with van der Waals surface area (Å²) in [4.78, 5) is 17.2. The Morgan fingerprint density at radius 3 is 2.37 bits per heavy atom. The van der Waals surface area contributed by atoms with E-state index in [1.807, 2.05) is 31.2 Å². The molecule has 1 fully saturated rings. The SMILES string of the molecule is Cc1ccc([C@@H](CNC(=O)Nc2cccc(C)c2)N2CCN(C)CC2)cc1. The van der Waals surface area contributed by atoms with Crippen molar-refractivity contribution in [1.29, 1.82) is 0 Å². The molecule has 0 unspecified atom stereocenters. The van der Waals surface area contributed by atoms with Gasteiger partial charge in [0, 0.05) is 38.4 Å². The van der Waals surface area contributed by atoms with Crippen molar-refractivity contribution in [2.45, 2.75) is 19.9 Å². The lowest BCUT2D eigenvalue weighted by molar-refractivity contribution is 0.111. The molecule has 1 atom stereocenters. The molecular weight excluding hydrogens is 336 g/mol. The lowest BCUT2D eigenvalue weighted by Gasteiger charge is -2.38. The Morgan fingerprint density at radius 2 is 1.70 bits per heavy atom. The minimum absolute atomic E-state index is 0.160. The maximum Gasteiger partial charge on any atom is 0.319 e. The van der Waals surface area contributed by atoms with Gasteiger partial charge < -0.3 is 15.5 Å². The molecule has 2 aromatic carbocycles. The molecule has 0 saturated carbocycles. The number of nitrogens with one attached hydrogen (secondary N) is 2. The molecule has 5 nitrogen and oxygen atoms in total. The summed E-state index contributed by atoms with van der Waals surface area (Å²) in [6.45, 7) is 8.83. The molecule has 5 heteroatoms. The van der Waals surface area contributed by atoms with Gasteiger partial charge in [0.15, 0.2) is 0 Å². The Morgan fingerprint density at radius 1 is 1.00 bits per heavy atom. The van der Waals surface area contributed by atoms with Gasteiger partial charge in [0.25, 0.3) is 0 Å². The van der Waals surface area contributed by atoms with Crippen molar-refractivity contribution in [3.8, 4) is 0 Å². The van der Waals surface area contributed by atoms with Gasteiger partial charge >= 0.3 is 6.03 Å². The summed E-state index contributed by atoms with van der Waals surface area (Å²) in [5.41, 5.74) is 4.45. The van der Waals surface area contributed by atoms with Crippen LogP contribution in [0.2, 0.25) is 0 Å². The molecule has 0 bridgehead atoms. The second kappa shape index (κ2) is 9.02. The van der Waals surface area contributed by atoms with E-state index in [2.05, 4.69) is 58.7 Å². The van der Waals surface area contributed by atoms with E-state index in [4.69, 9.17) is 0 Å². The van der Waals surface area contributed by atoms with Gasteiger partial charge in [-0.15, -0.1) is 0 Å². The Balaban J connectivity index is 1.65. The summed E-state index contributed by atoms with van der Waals surface area (Å²) in [6, 6.07) is 16.5. The van der Waals surface area contributed by atoms with E-state index < -0.39 is 0 Å². The fourth-order valence-corrected chi connectivity index (χ4v) is 3.47. The van der Waals surface area contributed by atoms with Gasteiger partial charge in [0.2, 0.25) is 0 Å². The number of amides is 2. The van der Waals surface area contributed by atoms with E-state index >= 15 is 0 Å². The molecule has 27 heavy (non-hydrogen) atoms. The Bertz CT molecular complexity index is 751. The summed E-state index contributed by atoms with van der Waals surface area (Å²) < 4.78 is 0. The smallest absolute Gasteiger partial charge is 0.319 e. The molecule has 1 aliphatic heterocycles. The summed E-state index contributed by atoms with van der Waals surface area (Å²) >= 11 is 0. The van der Waals surface area contributed by atoms with E-state index in [0.717, 1.165) is 37.4 Å². The third-order valence-electron chi connectivity index (χ3n) is 5.17. The second-order valence-corrected chi connectivity index (χ2v) is 7.47. The normalized spacial score (nSPS) is 16.7. The molecule has 0 radical (unpaired) electrons. The van der Waals surface area contributed by atoms with Crippen molar-refractivity contribution < 1.29 is 4.79 Å². The lowest BCUT2D eigenvalue weighted by atomic mass is 10.0. The molecular formula is C22H30N4O. The van der Waals surface area contributed by atoms with Crippen LogP contribution in [-0.4, -0.2) is 55.6 Å². The third-order valence-corrected chi connectivity index (χ3v) is 5.17. The fourth-order valence-electron chi connectivity index (χ4n) is 3.47. The van der Waals surface area contributed by atoms with Crippen LogP contribution in [0.5, 0.6) is 0 Å². The average Bonchev–Trinajstić information content (AvgIpc) is 2.64. The maximum absolute atomic E-state index is 12.4. The van der Waals surface area contributed by atoms with E-state index in [-0.39, 0.29) is 12.1 Å². The number of likely N-dealkylation sites (N-methyl/N-ethyl adjacent to an activating group) is 1. The minimum Gasteiger partial charge on any atom is -0.336 e. The van der Waals surface area contributed by atoms with Crippen LogP contribution in [-0.2, 0) is 0 Å². The molecule has 1 saturated heterocycles. The molecule has 144 valence electrons.